The molecule has 6 nitrogen and oxygen atoms in total. The van der Waals surface area contributed by atoms with Gasteiger partial charge >= 0.3 is 12.0 Å². The summed E-state index contributed by atoms with van der Waals surface area (Å²) in [6.07, 6.45) is -0.102. The topological polar surface area (TPSA) is 81.5 Å². The van der Waals surface area contributed by atoms with Crippen LogP contribution in [0.15, 0.2) is 97.2 Å². The van der Waals surface area contributed by atoms with Gasteiger partial charge in [-0.1, -0.05) is 72.8 Å². The molecular formula is C27H23FN2O4. The van der Waals surface area contributed by atoms with Gasteiger partial charge in [-0.3, -0.25) is 0 Å². The Balaban J connectivity index is 1.90. The van der Waals surface area contributed by atoms with Crippen LogP contribution in [0.3, 0.4) is 0 Å². The zero-order valence-corrected chi connectivity index (χ0v) is 18.5. The molecule has 0 fully saturated rings. The summed E-state index contributed by atoms with van der Waals surface area (Å²) in [6.45, 7) is 1.83. The van der Waals surface area contributed by atoms with Gasteiger partial charge in [-0.05, 0) is 41.8 Å². The lowest BCUT2D eigenvalue weighted by atomic mass is 9.81. The summed E-state index contributed by atoms with van der Waals surface area (Å²) in [7, 11) is 0. The first kappa shape index (κ1) is 23.1. The summed E-state index contributed by atoms with van der Waals surface area (Å²) in [5.41, 5.74) is 0.741. The van der Waals surface area contributed by atoms with Crippen LogP contribution in [0.2, 0.25) is 0 Å². The number of nitrogens with zero attached hydrogens (tertiary/aromatic N) is 2. The highest BCUT2D eigenvalue weighted by molar-refractivity contribution is 5.76. The predicted octanol–water partition coefficient (Wildman–Crippen LogP) is 4.92. The smallest absolute Gasteiger partial charge is 0.348 e. The van der Waals surface area contributed by atoms with Gasteiger partial charge in [0.05, 0.1) is 6.61 Å². The van der Waals surface area contributed by atoms with E-state index in [-0.39, 0.29) is 12.6 Å². The van der Waals surface area contributed by atoms with E-state index < -0.39 is 23.5 Å². The minimum Gasteiger partial charge on any atom is -0.478 e. The summed E-state index contributed by atoms with van der Waals surface area (Å²) in [5, 5.41) is 10.4. The summed E-state index contributed by atoms with van der Waals surface area (Å²) in [5.74, 6) is -1.74. The van der Waals surface area contributed by atoms with Crippen LogP contribution in [0.4, 0.5) is 4.39 Å². The molecule has 0 saturated carbocycles. The molecule has 1 heterocycles. The molecule has 0 spiro atoms. The Labute approximate surface area is 196 Å². The third kappa shape index (κ3) is 4.94. The third-order valence-corrected chi connectivity index (χ3v) is 5.37. The molecule has 4 aromatic rings. The molecule has 0 unspecified atom stereocenters. The Bertz CT molecular complexity index is 1240. The Hall–Kier alpha value is -4.10. The molecule has 172 valence electrons. The normalized spacial score (nSPS) is 13.6. The molecule has 0 aliphatic rings. The number of aliphatic carboxylic acids is 1. The molecule has 3 aromatic carbocycles. The second-order valence-corrected chi connectivity index (χ2v) is 7.70. The van der Waals surface area contributed by atoms with Crippen molar-refractivity contribution in [2.24, 2.45) is 0 Å². The average Bonchev–Trinajstić information content (AvgIpc) is 2.86. The number of aryl methyl sites for hydroxylation is 1. The third-order valence-electron chi connectivity index (χ3n) is 5.37. The van der Waals surface area contributed by atoms with E-state index >= 15 is 0 Å². The molecule has 0 amide bonds. The largest absolute Gasteiger partial charge is 0.478 e. The molecule has 0 bridgehead atoms. The number of hydrogen-bond acceptors (Lipinski definition) is 5. The minimum absolute atomic E-state index is 0.0783. The van der Waals surface area contributed by atoms with E-state index in [1.807, 2.05) is 36.4 Å². The van der Waals surface area contributed by atoms with E-state index in [0.717, 1.165) is 5.56 Å². The fraction of sp³-hybridized carbons (Fsp3) is 0.148. The van der Waals surface area contributed by atoms with E-state index in [4.69, 9.17) is 9.47 Å². The number of rotatable bonds is 9. The highest BCUT2D eigenvalue weighted by Crippen LogP contribution is 2.40. The van der Waals surface area contributed by atoms with Crippen LogP contribution in [-0.2, 0) is 21.7 Å². The molecule has 0 aliphatic heterocycles. The van der Waals surface area contributed by atoms with Crippen molar-refractivity contribution >= 4 is 5.97 Å². The maximum Gasteiger partial charge on any atom is 0.348 e. The van der Waals surface area contributed by atoms with E-state index in [0.29, 0.717) is 16.8 Å². The SMILES string of the molecule is Cc1ccnc(O[C@@H](C(=O)O)[C@@](OCc2ccccc2)(c2ccccc2)c2ccc(F)cc2)n1. The standard InChI is InChI=1S/C27H23FN2O4/c1-19-16-17-29-26(30-19)34-24(25(31)32)27(21-10-6-3-7-11-21,22-12-14-23(28)15-13-22)33-18-20-8-4-2-5-9-20/h2-17,24H,18H2,1H3,(H,31,32)/t24-,27+/m0/s1. The number of aromatic nitrogens is 2. The van der Waals surface area contributed by atoms with Crippen molar-refractivity contribution in [1.82, 2.24) is 9.97 Å². The van der Waals surface area contributed by atoms with Gasteiger partial charge in [0, 0.05) is 11.9 Å². The second-order valence-electron chi connectivity index (χ2n) is 7.70. The van der Waals surface area contributed by atoms with Gasteiger partial charge in [0.1, 0.15) is 5.82 Å². The van der Waals surface area contributed by atoms with E-state index in [9.17, 15) is 14.3 Å². The Morgan fingerprint density at radius 3 is 2.18 bits per heavy atom. The van der Waals surface area contributed by atoms with Crippen molar-refractivity contribution in [3.8, 4) is 6.01 Å². The summed E-state index contributed by atoms with van der Waals surface area (Å²) >= 11 is 0. The van der Waals surface area contributed by atoms with Crippen LogP contribution in [0.25, 0.3) is 0 Å². The number of carboxylic acid groups (broad SMARTS) is 1. The van der Waals surface area contributed by atoms with Crippen molar-refractivity contribution in [1.29, 1.82) is 0 Å². The maximum atomic E-state index is 13.9. The van der Waals surface area contributed by atoms with Crippen LogP contribution in [0.1, 0.15) is 22.4 Å². The summed E-state index contributed by atoms with van der Waals surface area (Å²) in [6, 6.07) is 25.4. The zero-order valence-electron chi connectivity index (χ0n) is 18.5. The van der Waals surface area contributed by atoms with Gasteiger partial charge in [0.25, 0.3) is 0 Å². The quantitative estimate of drug-likeness (QED) is 0.384. The molecule has 4 rings (SSSR count). The fourth-order valence-corrected chi connectivity index (χ4v) is 3.76. The second kappa shape index (κ2) is 10.2. The Morgan fingerprint density at radius 1 is 0.941 bits per heavy atom. The van der Waals surface area contributed by atoms with Crippen molar-refractivity contribution in [3.05, 3.63) is 125 Å². The molecule has 0 radical (unpaired) electrons. The van der Waals surface area contributed by atoms with Crippen molar-refractivity contribution in [2.75, 3.05) is 0 Å². The van der Waals surface area contributed by atoms with Gasteiger partial charge in [-0.25, -0.2) is 19.2 Å². The van der Waals surface area contributed by atoms with Gasteiger partial charge in [-0.2, -0.15) is 0 Å². The van der Waals surface area contributed by atoms with Gasteiger partial charge in [0.15, 0.2) is 5.60 Å². The molecular weight excluding hydrogens is 435 g/mol. The lowest BCUT2D eigenvalue weighted by Gasteiger charge is -2.39. The number of halogens is 1. The molecule has 0 saturated heterocycles. The number of benzene rings is 3. The molecule has 0 aliphatic carbocycles. The van der Waals surface area contributed by atoms with Crippen LogP contribution < -0.4 is 4.74 Å². The predicted molar refractivity (Wildman–Crippen MR) is 124 cm³/mol. The number of ether oxygens (including phenoxy) is 2. The highest BCUT2D eigenvalue weighted by atomic mass is 19.1. The van der Waals surface area contributed by atoms with E-state index in [2.05, 4.69) is 9.97 Å². The van der Waals surface area contributed by atoms with Crippen LogP contribution >= 0.6 is 0 Å². The van der Waals surface area contributed by atoms with Crippen molar-refractivity contribution in [2.45, 2.75) is 25.2 Å². The van der Waals surface area contributed by atoms with Gasteiger partial charge in [-0.15, -0.1) is 0 Å². The molecule has 2 atom stereocenters. The zero-order chi connectivity index (χ0) is 24.0. The maximum absolute atomic E-state index is 13.9. The summed E-state index contributed by atoms with van der Waals surface area (Å²) in [4.78, 5) is 21.0. The summed E-state index contributed by atoms with van der Waals surface area (Å²) < 4.78 is 26.2. The van der Waals surface area contributed by atoms with Crippen LogP contribution in [-0.4, -0.2) is 27.1 Å². The van der Waals surface area contributed by atoms with E-state index in [1.54, 1.807) is 37.3 Å². The molecule has 1 aromatic heterocycles. The first-order chi connectivity index (χ1) is 16.5. The van der Waals surface area contributed by atoms with E-state index in [1.165, 1.54) is 30.5 Å². The van der Waals surface area contributed by atoms with Gasteiger partial charge in [0.2, 0.25) is 6.10 Å². The first-order valence-electron chi connectivity index (χ1n) is 10.7. The van der Waals surface area contributed by atoms with Crippen LogP contribution in [0.5, 0.6) is 6.01 Å². The Kier molecular flexibility index (Phi) is 6.94. The van der Waals surface area contributed by atoms with Gasteiger partial charge < -0.3 is 14.6 Å². The highest BCUT2D eigenvalue weighted by Gasteiger charge is 2.50. The van der Waals surface area contributed by atoms with Crippen molar-refractivity contribution in [3.63, 3.8) is 0 Å². The number of carboxylic acids is 1. The molecule has 1 N–H and O–H groups in total. The lowest BCUT2D eigenvalue weighted by molar-refractivity contribution is -0.166. The lowest BCUT2D eigenvalue weighted by Crippen LogP contribution is -2.51. The number of carbonyl (C=O) groups is 1. The monoisotopic (exact) mass is 458 g/mol. The van der Waals surface area contributed by atoms with Crippen LogP contribution in [0, 0.1) is 12.7 Å². The first-order valence-corrected chi connectivity index (χ1v) is 10.7. The molecule has 34 heavy (non-hydrogen) atoms. The fourth-order valence-electron chi connectivity index (χ4n) is 3.76. The van der Waals surface area contributed by atoms with Crippen molar-refractivity contribution < 1.29 is 23.8 Å². The molecule has 7 heteroatoms. The average molecular weight is 458 g/mol. The minimum atomic E-state index is -1.65. The Morgan fingerprint density at radius 2 is 1.56 bits per heavy atom. The number of hydrogen-bond donors (Lipinski definition) is 1.